The Kier molecular flexibility index (Phi) is 10.4. The molecule has 2 aromatic heterocycles. The predicted molar refractivity (Wildman–Crippen MR) is 118 cm³/mol. The van der Waals surface area contributed by atoms with Crippen LogP contribution in [0.15, 0.2) is 6.20 Å². The molecule has 1 amide bonds. The molecular weight excluding hydrogens is 444 g/mol. The molecule has 1 atom stereocenters. The molecule has 2 heterocycles. The van der Waals surface area contributed by atoms with Gasteiger partial charge in [-0.25, -0.2) is 14.8 Å². The summed E-state index contributed by atoms with van der Waals surface area (Å²) in [7, 11) is 1.89. The molecule has 176 valence electrons. The molecule has 0 saturated heterocycles. The number of aromatic nitrogens is 4. The highest BCUT2D eigenvalue weighted by molar-refractivity contribution is 5.85. The van der Waals surface area contributed by atoms with Crippen molar-refractivity contribution in [2.24, 2.45) is 0 Å². The molecule has 1 unspecified atom stereocenters. The van der Waals surface area contributed by atoms with E-state index in [1.54, 1.807) is 6.20 Å². The summed E-state index contributed by atoms with van der Waals surface area (Å²) in [6.45, 7) is 1.16. The molecule has 2 rings (SSSR count). The van der Waals surface area contributed by atoms with Crippen LogP contribution in [-0.2, 0) is 20.9 Å². The molecule has 0 aliphatic carbocycles. The second-order valence-corrected chi connectivity index (χ2v) is 7.09. The maximum absolute atomic E-state index is 11.9. The number of carbonyl (C=O) groups excluding carboxylic acids is 1. The van der Waals surface area contributed by atoms with Crippen LogP contribution in [0.3, 0.4) is 0 Å². The van der Waals surface area contributed by atoms with E-state index in [9.17, 15) is 14.4 Å². The smallest absolute Gasteiger partial charge is 0.326 e. The number of nitrogens with one attached hydrogen (secondary N) is 1. The van der Waals surface area contributed by atoms with Crippen molar-refractivity contribution in [3.05, 3.63) is 11.9 Å². The fraction of sp³-hybridized carbons (Fsp3) is 0.500. The number of hydrogen-bond donors (Lipinski definition) is 5. The number of carboxylic acid groups (broad SMARTS) is 2. The molecule has 0 aliphatic heterocycles. The summed E-state index contributed by atoms with van der Waals surface area (Å²) in [5.41, 5.74) is 12.7. The van der Waals surface area contributed by atoms with Gasteiger partial charge in [0.1, 0.15) is 6.04 Å². The first-order valence-corrected chi connectivity index (χ1v) is 9.62. The van der Waals surface area contributed by atoms with Crippen LogP contribution in [0.25, 0.3) is 11.2 Å². The van der Waals surface area contributed by atoms with Gasteiger partial charge < -0.3 is 31.9 Å². The zero-order valence-corrected chi connectivity index (χ0v) is 18.3. The van der Waals surface area contributed by atoms with Crippen molar-refractivity contribution in [2.45, 2.75) is 44.7 Å². The van der Waals surface area contributed by atoms with Gasteiger partial charge in [0, 0.05) is 19.4 Å². The lowest BCUT2D eigenvalue weighted by Gasteiger charge is -2.16. The third-order valence-corrected chi connectivity index (χ3v) is 4.41. The van der Waals surface area contributed by atoms with E-state index in [2.05, 4.69) is 25.3 Å². The number of nitrogens with two attached hydrogens (primary N) is 2. The van der Waals surface area contributed by atoms with E-state index in [1.165, 1.54) is 0 Å². The van der Waals surface area contributed by atoms with Crippen molar-refractivity contribution in [2.75, 3.05) is 25.1 Å². The molecule has 0 radical (unpaired) electrons. The molecule has 0 fully saturated rings. The summed E-state index contributed by atoms with van der Waals surface area (Å²) in [4.78, 5) is 52.1. The van der Waals surface area contributed by atoms with Crippen LogP contribution < -0.4 is 16.8 Å². The maximum Gasteiger partial charge on any atom is 0.326 e. The second-order valence-electron chi connectivity index (χ2n) is 7.09. The van der Waals surface area contributed by atoms with E-state index in [0.29, 0.717) is 42.8 Å². The highest BCUT2D eigenvalue weighted by Gasteiger charge is 2.20. The Bertz CT molecular complexity index is 960. The Balaban J connectivity index is 0.00000512. The number of anilines is 2. The molecule has 0 aromatic carbocycles. The SMILES string of the molecule is CN(CCCCC(=O)NC(CCC(=O)O)C(=O)O)Cc1cnc2nc(N)nc(N)c2n1.Cl. The lowest BCUT2D eigenvalue weighted by atomic mass is 10.1. The van der Waals surface area contributed by atoms with E-state index in [1.807, 2.05) is 11.9 Å². The van der Waals surface area contributed by atoms with Gasteiger partial charge in [-0.3, -0.25) is 9.59 Å². The van der Waals surface area contributed by atoms with Crippen LogP contribution in [0.4, 0.5) is 11.8 Å². The van der Waals surface area contributed by atoms with Gasteiger partial charge in [-0.1, -0.05) is 0 Å². The molecule has 2 aromatic rings. The fourth-order valence-electron chi connectivity index (χ4n) is 2.87. The number of nitrogens with zero attached hydrogens (tertiary/aromatic N) is 5. The standard InChI is InChI=1S/C18H26N8O5.ClH/c1-26(9-10-8-21-16-14(22-10)15(19)24-18(20)25-16)7-3-2-4-12(27)23-11(17(30)31)5-6-13(28)29;/h8,11H,2-7,9H2,1H3,(H,23,27)(H,28,29)(H,30,31)(H4,19,20,21,24,25);1H. The van der Waals surface area contributed by atoms with Crippen LogP contribution >= 0.6 is 12.4 Å². The molecule has 14 heteroatoms. The number of halogens is 1. The summed E-state index contributed by atoms with van der Waals surface area (Å²) in [5.74, 6) is -2.59. The van der Waals surface area contributed by atoms with E-state index < -0.39 is 23.9 Å². The first kappa shape index (κ1) is 26.7. The average Bonchev–Trinajstić information content (AvgIpc) is 2.68. The summed E-state index contributed by atoms with van der Waals surface area (Å²) < 4.78 is 0. The molecule has 0 saturated carbocycles. The van der Waals surface area contributed by atoms with Crippen molar-refractivity contribution < 1.29 is 24.6 Å². The molecule has 0 aliphatic rings. The Hall–Kier alpha value is -3.32. The number of carbonyl (C=O) groups is 3. The van der Waals surface area contributed by atoms with Gasteiger partial charge in [0.15, 0.2) is 17.0 Å². The van der Waals surface area contributed by atoms with Crippen molar-refractivity contribution in [1.29, 1.82) is 0 Å². The van der Waals surface area contributed by atoms with E-state index in [4.69, 9.17) is 21.7 Å². The van der Waals surface area contributed by atoms with Gasteiger partial charge in [-0.05, 0) is 32.9 Å². The monoisotopic (exact) mass is 470 g/mol. The molecule has 0 spiro atoms. The highest BCUT2D eigenvalue weighted by atomic mass is 35.5. The number of carboxylic acids is 2. The van der Waals surface area contributed by atoms with Gasteiger partial charge in [-0.2, -0.15) is 9.97 Å². The van der Waals surface area contributed by atoms with Crippen LogP contribution in [0.2, 0.25) is 0 Å². The van der Waals surface area contributed by atoms with Gasteiger partial charge in [0.05, 0.1) is 11.9 Å². The van der Waals surface area contributed by atoms with E-state index in [-0.39, 0.29) is 43.4 Å². The minimum atomic E-state index is -1.25. The lowest BCUT2D eigenvalue weighted by molar-refractivity contribution is -0.143. The van der Waals surface area contributed by atoms with Crippen molar-refractivity contribution in [3.63, 3.8) is 0 Å². The van der Waals surface area contributed by atoms with Crippen LogP contribution in [-0.4, -0.2) is 72.5 Å². The van der Waals surface area contributed by atoms with E-state index >= 15 is 0 Å². The quantitative estimate of drug-likeness (QED) is 0.260. The average molecular weight is 471 g/mol. The number of rotatable bonds is 12. The van der Waals surface area contributed by atoms with E-state index in [0.717, 1.165) is 0 Å². The first-order chi connectivity index (χ1) is 14.7. The number of aliphatic carboxylic acids is 2. The number of nitrogen functional groups attached to an aromatic ring is 2. The Morgan fingerprint density at radius 3 is 2.50 bits per heavy atom. The maximum atomic E-state index is 11.9. The van der Waals surface area contributed by atoms with Gasteiger partial charge in [0.25, 0.3) is 0 Å². The molecular formula is C18H27ClN8O5. The minimum Gasteiger partial charge on any atom is -0.481 e. The summed E-state index contributed by atoms with van der Waals surface area (Å²) in [5, 5.41) is 20.1. The second kappa shape index (κ2) is 12.5. The molecule has 13 nitrogen and oxygen atoms in total. The largest absolute Gasteiger partial charge is 0.481 e. The third-order valence-electron chi connectivity index (χ3n) is 4.41. The number of hydrogen-bond acceptors (Lipinski definition) is 10. The zero-order valence-electron chi connectivity index (χ0n) is 17.5. The zero-order chi connectivity index (χ0) is 23.0. The molecule has 0 bridgehead atoms. The van der Waals surface area contributed by atoms with Crippen molar-refractivity contribution in [1.82, 2.24) is 30.2 Å². The summed E-state index contributed by atoms with van der Waals surface area (Å²) in [6, 6.07) is -1.20. The van der Waals surface area contributed by atoms with Crippen LogP contribution in [0.1, 0.15) is 37.8 Å². The van der Waals surface area contributed by atoms with Gasteiger partial charge >= 0.3 is 11.9 Å². The fourth-order valence-corrected chi connectivity index (χ4v) is 2.87. The van der Waals surface area contributed by atoms with Crippen molar-refractivity contribution >= 4 is 53.2 Å². The van der Waals surface area contributed by atoms with Gasteiger partial charge in [-0.15, -0.1) is 12.4 Å². The number of amides is 1. The molecule has 32 heavy (non-hydrogen) atoms. The Morgan fingerprint density at radius 2 is 1.84 bits per heavy atom. The van der Waals surface area contributed by atoms with Crippen LogP contribution in [0.5, 0.6) is 0 Å². The number of fused-ring (bicyclic) bond motifs is 1. The first-order valence-electron chi connectivity index (χ1n) is 9.62. The van der Waals surface area contributed by atoms with Gasteiger partial charge in [0.2, 0.25) is 11.9 Å². The topological polar surface area (TPSA) is 211 Å². The normalized spacial score (nSPS) is 11.7. The summed E-state index contributed by atoms with van der Waals surface area (Å²) in [6.07, 6.45) is 2.49. The lowest BCUT2D eigenvalue weighted by Crippen LogP contribution is -2.41. The minimum absolute atomic E-state index is 0. The van der Waals surface area contributed by atoms with Crippen molar-refractivity contribution in [3.8, 4) is 0 Å². The Morgan fingerprint density at radius 1 is 1.12 bits per heavy atom. The third kappa shape index (κ3) is 8.43. The Labute approximate surface area is 190 Å². The highest BCUT2D eigenvalue weighted by Crippen LogP contribution is 2.15. The predicted octanol–water partition coefficient (Wildman–Crippen LogP) is 0.0423. The van der Waals surface area contributed by atoms with Crippen LogP contribution in [0, 0.1) is 0 Å². The summed E-state index contributed by atoms with van der Waals surface area (Å²) >= 11 is 0. The molecule has 7 N–H and O–H groups in total. The number of unbranched alkanes of at least 4 members (excludes halogenated alkanes) is 1.